The molecule has 0 radical (unpaired) electrons. The molecule has 1 atom stereocenters. The average Bonchev–Trinajstić information content (AvgIpc) is 2.64. The lowest BCUT2D eigenvalue weighted by Crippen LogP contribution is -2.05. The molecule has 2 rings (SSSR count). The third-order valence-electron chi connectivity index (χ3n) is 2.91. The number of fused-ring (bicyclic) bond motifs is 1. The highest BCUT2D eigenvalue weighted by Gasteiger charge is 2.20. The molecule has 0 spiro atoms. The average molecular weight is 226 g/mol. The Kier molecular flexibility index (Phi) is 3.17. The van der Waals surface area contributed by atoms with Crippen molar-refractivity contribution >= 4 is 11.6 Å². The normalized spacial score (nSPS) is 15.9. The lowest BCUT2D eigenvalue weighted by molar-refractivity contribution is 0.351. The molecule has 0 amide bonds. The van der Waals surface area contributed by atoms with Crippen molar-refractivity contribution in [2.45, 2.75) is 25.7 Å². The summed E-state index contributed by atoms with van der Waals surface area (Å²) >= 11 is 6.09. The van der Waals surface area contributed by atoms with Gasteiger partial charge in [-0.2, -0.15) is 0 Å². The van der Waals surface area contributed by atoms with Crippen molar-refractivity contribution < 1.29 is 4.74 Å². The molecule has 1 aromatic carbocycles. The molecular weight excluding hydrogens is 210 g/mol. The zero-order valence-corrected chi connectivity index (χ0v) is 9.68. The molecule has 0 aromatic heterocycles. The van der Waals surface area contributed by atoms with Gasteiger partial charge in [-0.15, -0.1) is 0 Å². The van der Waals surface area contributed by atoms with Crippen molar-refractivity contribution in [1.82, 2.24) is 0 Å². The second-order valence-electron chi connectivity index (χ2n) is 4.06. The van der Waals surface area contributed by atoms with Gasteiger partial charge in [0, 0.05) is 11.4 Å². The maximum absolute atomic E-state index is 6.09. The molecular formula is C12H16ClNO. The molecule has 1 aromatic rings. The molecule has 1 aliphatic rings. The van der Waals surface area contributed by atoms with E-state index in [0.717, 1.165) is 30.2 Å². The molecule has 82 valence electrons. The first kappa shape index (κ1) is 10.8. The highest BCUT2D eigenvalue weighted by Crippen LogP contribution is 2.37. The van der Waals surface area contributed by atoms with E-state index in [9.17, 15) is 0 Å². The van der Waals surface area contributed by atoms with Gasteiger partial charge in [0.1, 0.15) is 5.75 Å². The molecule has 3 heteroatoms. The lowest BCUT2D eigenvalue weighted by atomic mass is 9.95. The van der Waals surface area contributed by atoms with Crippen molar-refractivity contribution in [2.75, 3.05) is 13.2 Å². The van der Waals surface area contributed by atoms with E-state index in [4.69, 9.17) is 22.1 Å². The summed E-state index contributed by atoms with van der Waals surface area (Å²) in [6, 6.07) is 4.01. The molecule has 0 fully saturated rings. The van der Waals surface area contributed by atoms with E-state index in [2.05, 4.69) is 6.92 Å². The van der Waals surface area contributed by atoms with Crippen LogP contribution in [-0.4, -0.2) is 13.2 Å². The van der Waals surface area contributed by atoms with Gasteiger partial charge in [0.25, 0.3) is 0 Å². The number of hydrogen-bond acceptors (Lipinski definition) is 2. The van der Waals surface area contributed by atoms with Crippen LogP contribution >= 0.6 is 11.6 Å². The number of benzene rings is 1. The van der Waals surface area contributed by atoms with Gasteiger partial charge >= 0.3 is 0 Å². The number of rotatable bonds is 3. The van der Waals surface area contributed by atoms with Crippen molar-refractivity contribution in [2.24, 2.45) is 5.73 Å². The maximum Gasteiger partial charge on any atom is 0.126 e. The van der Waals surface area contributed by atoms with Gasteiger partial charge in [0.2, 0.25) is 0 Å². The Labute approximate surface area is 95.4 Å². The Morgan fingerprint density at radius 2 is 2.33 bits per heavy atom. The molecule has 0 saturated carbocycles. The van der Waals surface area contributed by atoms with Crippen molar-refractivity contribution in [3.8, 4) is 5.75 Å². The Morgan fingerprint density at radius 3 is 3.07 bits per heavy atom. The van der Waals surface area contributed by atoms with Crippen LogP contribution in [0.5, 0.6) is 5.75 Å². The second kappa shape index (κ2) is 4.42. The Hall–Kier alpha value is -0.730. The molecule has 1 heterocycles. The van der Waals surface area contributed by atoms with Gasteiger partial charge in [-0.3, -0.25) is 0 Å². The van der Waals surface area contributed by atoms with E-state index in [1.165, 1.54) is 11.1 Å². The van der Waals surface area contributed by atoms with Gasteiger partial charge in [-0.25, -0.2) is 0 Å². The number of halogens is 1. The summed E-state index contributed by atoms with van der Waals surface area (Å²) < 4.78 is 5.65. The van der Waals surface area contributed by atoms with E-state index in [1.807, 2.05) is 12.1 Å². The fourth-order valence-electron chi connectivity index (χ4n) is 2.07. The minimum atomic E-state index is 0.417. The quantitative estimate of drug-likeness (QED) is 0.859. The second-order valence-corrected chi connectivity index (χ2v) is 4.50. The molecule has 1 unspecified atom stereocenters. The van der Waals surface area contributed by atoms with Crippen LogP contribution in [0.4, 0.5) is 0 Å². The molecule has 15 heavy (non-hydrogen) atoms. The van der Waals surface area contributed by atoms with Crippen LogP contribution in [0.3, 0.4) is 0 Å². The summed E-state index contributed by atoms with van der Waals surface area (Å²) in [5.41, 5.74) is 8.02. The van der Waals surface area contributed by atoms with E-state index in [0.29, 0.717) is 12.5 Å². The van der Waals surface area contributed by atoms with Gasteiger partial charge in [-0.05, 0) is 42.1 Å². The van der Waals surface area contributed by atoms with Gasteiger partial charge in [0.05, 0.1) is 6.61 Å². The molecule has 2 nitrogen and oxygen atoms in total. The predicted octanol–water partition coefficient (Wildman–Crippen LogP) is 2.73. The van der Waals surface area contributed by atoms with Crippen molar-refractivity contribution in [3.63, 3.8) is 0 Å². The molecule has 0 bridgehead atoms. The largest absolute Gasteiger partial charge is 0.493 e. The fourth-order valence-corrected chi connectivity index (χ4v) is 2.32. The summed E-state index contributed by atoms with van der Waals surface area (Å²) in [5.74, 6) is 1.46. The number of nitrogens with two attached hydrogens (primary N) is 1. The van der Waals surface area contributed by atoms with Gasteiger partial charge in [0.15, 0.2) is 0 Å². The van der Waals surface area contributed by atoms with Crippen LogP contribution in [0.1, 0.15) is 30.4 Å². The lowest BCUT2D eigenvalue weighted by Gasteiger charge is -2.15. The monoisotopic (exact) mass is 225 g/mol. The SMILES string of the molecule is CC(CCN)c1cc(Cl)cc2c1OCC2. The van der Waals surface area contributed by atoms with E-state index >= 15 is 0 Å². The molecule has 0 aliphatic carbocycles. The van der Waals surface area contributed by atoms with Crippen LogP contribution in [0.15, 0.2) is 12.1 Å². The highest BCUT2D eigenvalue weighted by atomic mass is 35.5. The zero-order chi connectivity index (χ0) is 10.8. The van der Waals surface area contributed by atoms with Crippen molar-refractivity contribution in [1.29, 1.82) is 0 Å². The van der Waals surface area contributed by atoms with E-state index in [1.54, 1.807) is 0 Å². The van der Waals surface area contributed by atoms with Crippen molar-refractivity contribution in [3.05, 3.63) is 28.3 Å². The van der Waals surface area contributed by atoms with Crippen LogP contribution < -0.4 is 10.5 Å². The van der Waals surface area contributed by atoms with E-state index < -0.39 is 0 Å². The standard InChI is InChI=1S/C12H16ClNO/c1-8(2-4-14)11-7-10(13)6-9-3-5-15-12(9)11/h6-8H,2-5,14H2,1H3. The summed E-state index contributed by atoms with van der Waals surface area (Å²) in [7, 11) is 0. The van der Waals surface area contributed by atoms with Gasteiger partial charge in [-0.1, -0.05) is 18.5 Å². The Balaban J connectivity index is 2.37. The third-order valence-corrected chi connectivity index (χ3v) is 3.13. The van der Waals surface area contributed by atoms with Crippen LogP contribution in [-0.2, 0) is 6.42 Å². The molecule has 2 N–H and O–H groups in total. The molecule has 0 saturated heterocycles. The highest BCUT2D eigenvalue weighted by molar-refractivity contribution is 6.30. The first-order chi connectivity index (χ1) is 7.22. The summed E-state index contributed by atoms with van der Waals surface area (Å²) in [6.45, 7) is 3.64. The Bertz CT molecular complexity index is 365. The molecule has 1 aliphatic heterocycles. The minimum absolute atomic E-state index is 0.417. The topological polar surface area (TPSA) is 35.2 Å². The maximum atomic E-state index is 6.09. The van der Waals surface area contributed by atoms with Crippen LogP contribution in [0, 0.1) is 0 Å². The first-order valence-electron chi connectivity index (χ1n) is 5.37. The summed E-state index contributed by atoms with van der Waals surface area (Å²) in [4.78, 5) is 0. The third kappa shape index (κ3) is 2.11. The Morgan fingerprint density at radius 1 is 1.53 bits per heavy atom. The number of ether oxygens (including phenoxy) is 1. The smallest absolute Gasteiger partial charge is 0.126 e. The van der Waals surface area contributed by atoms with Crippen LogP contribution in [0.25, 0.3) is 0 Å². The fraction of sp³-hybridized carbons (Fsp3) is 0.500. The number of hydrogen-bond donors (Lipinski definition) is 1. The predicted molar refractivity (Wildman–Crippen MR) is 62.7 cm³/mol. The summed E-state index contributed by atoms with van der Waals surface area (Å²) in [6.07, 6.45) is 1.94. The van der Waals surface area contributed by atoms with Crippen LogP contribution in [0.2, 0.25) is 5.02 Å². The summed E-state index contributed by atoms with van der Waals surface area (Å²) in [5, 5.41) is 0.804. The van der Waals surface area contributed by atoms with E-state index in [-0.39, 0.29) is 0 Å². The minimum Gasteiger partial charge on any atom is -0.493 e. The zero-order valence-electron chi connectivity index (χ0n) is 8.92. The van der Waals surface area contributed by atoms with Gasteiger partial charge < -0.3 is 10.5 Å². The first-order valence-corrected chi connectivity index (χ1v) is 5.75.